The number of ether oxygens (including phenoxy) is 1. The first-order valence-electron chi connectivity index (χ1n) is 10.6. The number of rotatable bonds is 9. The summed E-state index contributed by atoms with van der Waals surface area (Å²) >= 11 is 0. The molecule has 0 saturated carbocycles. The van der Waals surface area contributed by atoms with E-state index in [1.165, 1.54) is 13.1 Å². The van der Waals surface area contributed by atoms with Crippen molar-refractivity contribution in [2.24, 2.45) is 10.9 Å². The van der Waals surface area contributed by atoms with Crippen molar-refractivity contribution in [2.45, 2.75) is 46.6 Å². The highest BCUT2D eigenvalue weighted by atomic mass is 16.6. The minimum atomic E-state index is -0.464. The smallest absolute Gasteiger partial charge is 0.407 e. The third-order valence-corrected chi connectivity index (χ3v) is 4.64. The molecule has 3 N–H and O–H groups in total. The van der Waals surface area contributed by atoms with Crippen LogP contribution in [-0.2, 0) is 4.74 Å². The summed E-state index contributed by atoms with van der Waals surface area (Å²) < 4.78 is 5.21. The van der Waals surface area contributed by atoms with Gasteiger partial charge >= 0.3 is 6.09 Å². The Kier molecular flexibility index (Phi) is 11.2. The zero-order valence-electron chi connectivity index (χ0n) is 18.8. The Hall–Kier alpha value is -1.54. The molecule has 0 aromatic rings. The largest absolute Gasteiger partial charge is 0.444 e. The van der Waals surface area contributed by atoms with Crippen LogP contribution >= 0.6 is 0 Å². The number of piperazine rings is 1. The van der Waals surface area contributed by atoms with E-state index in [0.717, 1.165) is 51.6 Å². The number of likely N-dealkylation sites (N-methyl/N-ethyl adjacent to an activating group) is 1. The fourth-order valence-electron chi connectivity index (χ4n) is 3.08. The average molecular weight is 399 g/mol. The summed E-state index contributed by atoms with van der Waals surface area (Å²) in [6.07, 6.45) is 0.431. The lowest BCUT2D eigenvalue weighted by Crippen LogP contribution is -2.48. The minimum Gasteiger partial charge on any atom is -0.444 e. The van der Waals surface area contributed by atoms with Gasteiger partial charge in [0.2, 0.25) is 0 Å². The van der Waals surface area contributed by atoms with Gasteiger partial charge in [0, 0.05) is 59.4 Å². The van der Waals surface area contributed by atoms with Gasteiger partial charge in [0.25, 0.3) is 0 Å². The van der Waals surface area contributed by atoms with Gasteiger partial charge in [-0.05, 0) is 39.7 Å². The van der Waals surface area contributed by atoms with E-state index in [2.05, 4.69) is 44.6 Å². The molecule has 0 bridgehead atoms. The predicted molar refractivity (Wildman–Crippen MR) is 116 cm³/mol. The third kappa shape index (κ3) is 11.3. The van der Waals surface area contributed by atoms with Crippen LogP contribution in [0.1, 0.15) is 41.0 Å². The van der Waals surface area contributed by atoms with Crippen molar-refractivity contribution < 1.29 is 9.53 Å². The second-order valence-corrected chi connectivity index (χ2v) is 8.50. The topological polar surface area (TPSA) is 81.2 Å². The molecule has 28 heavy (non-hydrogen) atoms. The van der Waals surface area contributed by atoms with Crippen molar-refractivity contribution in [3.63, 3.8) is 0 Å². The first kappa shape index (κ1) is 24.5. The number of hydrogen-bond donors (Lipinski definition) is 3. The van der Waals surface area contributed by atoms with Crippen LogP contribution in [0.5, 0.6) is 0 Å². The van der Waals surface area contributed by atoms with E-state index in [4.69, 9.17) is 4.74 Å². The Balaban J connectivity index is 2.12. The van der Waals surface area contributed by atoms with Crippen LogP contribution in [0.4, 0.5) is 4.79 Å². The third-order valence-electron chi connectivity index (χ3n) is 4.64. The molecule has 164 valence electrons. The molecule has 8 heteroatoms. The summed E-state index contributed by atoms with van der Waals surface area (Å²) in [5.74, 6) is 1.36. The van der Waals surface area contributed by atoms with Crippen molar-refractivity contribution in [1.82, 2.24) is 25.8 Å². The molecule has 1 rings (SSSR count). The number of nitrogens with one attached hydrogen (secondary N) is 3. The Morgan fingerprint density at radius 2 is 1.68 bits per heavy atom. The molecule has 0 aromatic carbocycles. The van der Waals surface area contributed by atoms with Gasteiger partial charge < -0.3 is 30.5 Å². The summed E-state index contributed by atoms with van der Waals surface area (Å²) in [4.78, 5) is 20.9. The van der Waals surface area contributed by atoms with Crippen molar-refractivity contribution in [3.05, 3.63) is 0 Å². The SMILES string of the molecule is CCN1CCN(CC(C)CNC(=NC)NCCCNC(=O)OC(C)(C)C)CC1. The van der Waals surface area contributed by atoms with Crippen LogP contribution in [-0.4, -0.2) is 93.4 Å². The molecule has 1 aliphatic heterocycles. The summed E-state index contributed by atoms with van der Waals surface area (Å²) in [5, 5.41) is 9.45. The zero-order chi connectivity index (χ0) is 21.0. The number of amides is 1. The number of guanidine groups is 1. The fourth-order valence-corrected chi connectivity index (χ4v) is 3.08. The number of carbonyl (C=O) groups is 1. The highest BCUT2D eigenvalue weighted by molar-refractivity contribution is 5.79. The molecule has 1 aliphatic rings. The molecule has 1 fully saturated rings. The van der Waals surface area contributed by atoms with Gasteiger partial charge in [-0.2, -0.15) is 0 Å². The van der Waals surface area contributed by atoms with E-state index in [1.807, 2.05) is 20.8 Å². The van der Waals surface area contributed by atoms with Gasteiger partial charge in [0.05, 0.1) is 0 Å². The minimum absolute atomic E-state index is 0.372. The van der Waals surface area contributed by atoms with Gasteiger partial charge in [0.15, 0.2) is 5.96 Å². The van der Waals surface area contributed by atoms with Gasteiger partial charge in [-0.3, -0.25) is 4.99 Å². The molecule has 1 amide bonds. The van der Waals surface area contributed by atoms with Crippen LogP contribution in [0, 0.1) is 5.92 Å². The van der Waals surface area contributed by atoms with E-state index in [0.29, 0.717) is 12.5 Å². The first-order valence-corrected chi connectivity index (χ1v) is 10.6. The quantitative estimate of drug-likeness (QED) is 0.309. The fraction of sp³-hybridized carbons (Fsp3) is 0.900. The maximum atomic E-state index is 11.6. The second kappa shape index (κ2) is 12.8. The normalized spacial score (nSPS) is 17.9. The first-order chi connectivity index (χ1) is 13.2. The Morgan fingerprint density at radius 1 is 1.07 bits per heavy atom. The monoisotopic (exact) mass is 398 g/mol. The standard InChI is InChI=1S/C20H42N6O2/c1-7-25-11-13-26(14-12-25)16-17(2)15-24-18(21-6)22-9-8-10-23-19(27)28-20(3,4)5/h17H,7-16H2,1-6H3,(H,23,27)(H2,21,22,24). The summed E-state index contributed by atoms with van der Waals surface area (Å²) in [6.45, 7) is 19.2. The van der Waals surface area contributed by atoms with Crippen molar-refractivity contribution in [1.29, 1.82) is 0 Å². The number of hydrogen-bond acceptors (Lipinski definition) is 5. The Morgan fingerprint density at radius 3 is 2.25 bits per heavy atom. The molecule has 1 saturated heterocycles. The summed E-state index contributed by atoms with van der Waals surface area (Å²) in [6, 6.07) is 0. The maximum absolute atomic E-state index is 11.6. The number of carbonyl (C=O) groups excluding carboxylic acids is 1. The average Bonchev–Trinajstić information content (AvgIpc) is 2.63. The highest BCUT2D eigenvalue weighted by Crippen LogP contribution is 2.06. The van der Waals surface area contributed by atoms with Crippen LogP contribution in [0.2, 0.25) is 0 Å². The molecule has 8 nitrogen and oxygen atoms in total. The van der Waals surface area contributed by atoms with Gasteiger partial charge in [-0.25, -0.2) is 4.79 Å². The lowest BCUT2D eigenvalue weighted by Gasteiger charge is -2.35. The second-order valence-electron chi connectivity index (χ2n) is 8.50. The van der Waals surface area contributed by atoms with Crippen LogP contribution in [0.15, 0.2) is 4.99 Å². The highest BCUT2D eigenvalue weighted by Gasteiger charge is 2.17. The lowest BCUT2D eigenvalue weighted by atomic mass is 10.1. The van der Waals surface area contributed by atoms with Crippen molar-refractivity contribution in [2.75, 3.05) is 66.0 Å². The van der Waals surface area contributed by atoms with E-state index in [1.54, 1.807) is 7.05 Å². The molecule has 1 heterocycles. The summed E-state index contributed by atoms with van der Waals surface area (Å²) in [5.41, 5.74) is -0.464. The van der Waals surface area contributed by atoms with E-state index >= 15 is 0 Å². The van der Waals surface area contributed by atoms with E-state index in [-0.39, 0.29) is 6.09 Å². The Bertz CT molecular complexity index is 470. The molecule has 0 radical (unpaired) electrons. The molecule has 0 spiro atoms. The number of aliphatic imine (C=N–C) groups is 1. The molecule has 0 aromatic heterocycles. The van der Waals surface area contributed by atoms with E-state index < -0.39 is 5.60 Å². The molecule has 1 unspecified atom stereocenters. The lowest BCUT2D eigenvalue weighted by molar-refractivity contribution is 0.0527. The van der Waals surface area contributed by atoms with Gasteiger partial charge in [-0.1, -0.05) is 13.8 Å². The molecular formula is C20H42N6O2. The van der Waals surface area contributed by atoms with Gasteiger partial charge in [0.1, 0.15) is 5.60 Å². The molecular weight excluding hydrogens is 356 g/mol. The van der Waals surface area contributed by atoms with Crippen LogP contribution in [0.25, 0.3) is 0 Å². The molecule has 1 atom stereocenters. The van der Waals surface area contributed by atoms with E-state index in [9.17, 15) is 4.79 Å². The number of nitrogens with zero attached hydrogens (tertiary/aromatic N) is 3. The summed E-state index contributed by atoms with van der Waals surface area (Å²) in [7, 11) is 1.78. The maximum Gasteiger partial charge on any atom is 0.407 e. The predicted octanol–water partition coefficient (Wildman–Crippen LogP) is 1.34. The molecule has 0 aliphatic carbocycles. The Labute approximate surface area is 171 Å². The zero-order valence-corrected chi connectivity index (χ0v) is 18.8. The van der Waals surface area contributed by atoms with Gasteiger partial charge in [-0.15, -0.1) is 0 Å². The number of alkyl carbamates (subject to hydrolysis) is 1. The van der Waals surface area contributed by atoms with Crippen molar-refractivity contribution >= 4 is 12.1 Å². The van der Waals surface area contributed by atoms with Crippen molar-refractivity contribution in [3.8, 4) is 0 Å². The van der Waals surface area contributed by atoms with Crippen LogP contribution in [0.3, 0.4) is 0 Å². The van der Waals surface area contributed by atoms with Crippen LogP contribution < -0.4 is 16.0 Å².